The van der Waals surface area contributed by atoms with E-state index in [4.69, 9.17) is 5.73 Å². The molecular weight excluding hydrogens is 202 g/mol. The number of nitrogens with zero attached hydrogens (tertiary/aromatic N) is 3. The predicted octanol–water partition coefficient (Wildman–Crippen LogP) is 0.446. The van der Waals surface area contributed by atoms with Gasteiger partial charge >= 0.3 is 0 Å². The van der Waals surface area contributed by atoms with Crippen LogP contribution in [0.4, 0.5) is 8.78 Å². The first-order valence-corrected chi connectivity index (χ1v) is 4.80. The van der Waals surface area contributed by atoms with Gasteiger partial charge in [0, 0.05) is 38.4 Å². The highest BCUT2D eigenvalue weighted by atomic mass is 19.3. The number of hydrogen-bond acceptors (Lipinski definition) is 3. The van der Waals surface area contributed by atoms with Crippen LogP contribution in [0.2, 0.25) is 0 Å². The van der Waals surface area contributed by atoms with E-state index >= 15 is 0 Å². The molecule has 6 heteroatoms. The summed E-state index contributed by atoms with van der Waals surface area (Å²) in [6.07, 6.45) is 1.16. The topological polar surface area (TPSA) is 47.1 Å². The second kappa shape index (κ2) is 5.77. The summed E-state index contributed by atoms with van der Waals surface area (Å²) < 4.78 is 26.1. The molecule has 15 heavy (non-hydrogen) atoms. The minimum atomic E-state index is -2.33. The Bertz CT molecular complexity index is 287. The van der Waals surface area contributed by atoms with Gasteiger partial charge in [-0.25, -0.2) is 8.78 Å². The summed E-state index contributed by atoms with van der Waals surface area (Å²) in [5, 5.41) is 3.98. The zero-order chi connectivity index (χ0) is 11.3. The Labute approximate surface area is 87.7 Å². The second-order valence-electron chi connectivity index (χ2n) is 3.44. The van der Waals surface area contributed by atoms with Crippen molar-refractivity contribution >= 4 is 0 Å². The lowest BCUT2D eigenvalue weighted by Gasteiger charge is -2.19. The number of rotatable bonds is 6. The SMILES string of the molecule is Cn1cc(CN(CCN)CC(F)F)cn1. The van der Waals surface area contributed by atoms with Crippen molar-refractivity contribution in [3.05, 3.63) is 18.0 Å². The van der Waals surface area contributed by atoms with E-state index in [1.807, 2.05) is 6.20 Å². The third-order valence-corrected chi connectivity index (χ3v) is 2.01. The molecular formula is C9H16F2N4. The van der Waals surface area contributed by atoms with Crippen molar-refractivity contribution in [3.8, 4) is 0 Å². The molecule has 86 valence electrons. The van der Waals surface area contributed by atoms with Crippen LogP contribution in [-0.4, -0.2) is 40.7 Å². The number of alkyl halides is 2. The fourth-order valence-electron chi connectivity index (χ4n) is 1.42. The van der Waals surface area contributed by atoms with Gasteiger partial charge in [-0.05, 0) is 0 Å². The molecule has 0 aliphatic heterocycles. The Hall–Kier alpha value is -1.01. The molecule has 0 aliphatic rings. The minimum Gasteiger partial charge on any atom is -0.329 e. The Balaban J connectivity index is 2.50. The average molecular weight is 218 g/mol. The van der Waals surface area contributed by atoms with Crippen LogP contribution in [-0.2, 0) is 13.6 Å². The molecule has 0 unspecified atom stereocenters. The first-order valence-electron chi connectivity index (χ1n) is 4.80. The standard InChI is InChI=1S/C9H16F2N4/c1-14-5-8(4-13-14)6-15(3-2-12)7-9(10)11/h4-5,9H,2-3,6-7,12H2,1H3. The van der Waals surface area contributed by atoms with Crippen molar-refractivity contribution in [3.63, 3.8) is 0 Å². The molecule has 0 aliphatic carbocycles. The van der Waals surface area contributed by atoms with Gasteiger partial charge in [0.1, 0.15) is 0 Å². The van der Waals surface area contributed by atoms with Crippen molar-refractivity contribution in [2.45, 2.75) is 13.0 Å². The maximum absolute atomic E-state index is 12.2. The van der Waals surface area contributed by atoms with Gasteiger partial charge in [-0.3, -0.25) is 9.58 Å². The highest BCUT2D eigenvalue weighted by Crippen LogP contribution is 2.05. The van der Waals surface area contributed by atoms with Crippen LogP contribution < -0.4 is 5.73 Å². The summed E-state index contributed by atoms with van der Waals surface area (Å²) in [7, 11) is 1.80. The molecule has 0 radical (unpaired) electrons. The molecule has 1 rings (SSSR count). The average Bonchev–Trinajstić information content (AvgIpc) is 2.50. The lowest BCUT2D eigenvalue weighted by atomic mass is 10.3. The summed E-state index contributed by atoms with van der Waals surface area (Å²) in [5.41, 5.74) is 6.28. The van der Waals surface area contributed by atoms with E-state index in [-0.39, 0.29) is 6.54 Å². The summed E-state index contributed by atoms with van der Waals surface area (Å²) >= 11 is 0. The van der Waals surface area contributed by atoms with Crippen LogP contribution in [0.25, 0.3) is 0 Å². The first kappa shape index (κ1) is 12.1. The molecule has 0 bridgehead atoms. The first-order chi connectivity index (χ1) is 7.11. The lowest BCUT2D eigenvalue weighted by molar-refractivity contribution is 0.0862. The van der Waals surface area contributed by atoms with Gasteiger partial charge in [-0.1, -0.05) is 0 Å². The number of aryl methyl sites for hydroxylation is 1. The van der Waals surface area contributed by atoms with E-state index in [1.54, 1.807) is 22.8 Å². The molecule has 1 aromatic heterocycles. The molecule has 4 nitrogen and oxygen atoms in total. The fourth-order valence-corrected chi connectivity index (χ4v) is 1.42. The smallest absolute Gasteiger partial charge is 0.251 e. The van der Waals surface area contributed by atoms with Crippen LogP contribution in [0, 0.1) is 0 Å². The zero-order valence-corrected chi connectivity index (χ0v) is 8.74. The number of aromatic nitrogens is 2. The van der Waals surface area contributed by atoms with Gasteiger partial charge < -0.3 is 5.73 Å². The number of hydrogen-bond donors (Lipinski definition) is 1. The van der Waals surface area contributed by atoms with E-state index < -0.39 is 6.43 Å². The van der Waals surface area contributed by atoms with Gasteiger partial charge in [-0.15, -0.1) is 0 Å². The zero-order valence-electron chi connectivity index (χ0n) is 8.74. The molecule has 0 spiro atoms. The van der Waals surface area contributed by atoms with Crippen molar-refractivity contribution in [1.82, 2.24) is 14.7 Å². The number of nitrogens with two attached hydrogens (primary N) is 1. The quantitative estimate of drug-likeness (QED) is 0.754. The Morgan fingerprint density at radius 2 is 2.33 bits per heavy atom. The lowest BCUT2D eigenvalue weighted by Crippen LogP contribution is -2.33. The molecule has 2 N–H and O–H groups in total. The van der Waals surface area contributed by atoms with Gasteiger partial charge in [0.25, 0.3) is 6.43 Å². The molecule has 0 fully saturated rings. The molecule has 0 atom stereocenters. The monoisotopic (exact) mass is 218 g/mol. The van der Waals surface area contributed by atoms with Crippen LogP contribution in [0.3, 0.4) is 0 Å². The largest absolute Gasteiger partial charge is 0.329 e. The third kappa shape index (κ3) is 4.35. The molecule has 0 saturated carbocycles. The van der Waals surface area contributed by atoms with Gasteiger partial charge in [-0.2, -0.15) is 5.10 Å². The van der Waals surface area contributed by atoms with E-state index in [1.165, 1.54) is 0 Å². The van der Waals surface area contributed by atoms with Gasteiger partial charge in [0.2, 0.25) is 0 Å². The van der Waals surface area contributed by atoms with Crippen molar-refractivity contribution in [1.29, 1.82) is 0 Å². The summed E-state index contributed by atoms with van der Waals surface area (Å²) in [5.74, 6) is 0. The van der Waals surface area contributed by atoms with E-state index in [0.29, 0.717) is 19.6 Å². The van der Waals surface area contributed by atoms with Crippen LogP contribution in [0.1, 0.15) is 5.56 Å². The fraction of sp³-hybridized carbons (Fsp3) is 0.667. The van der Waals surface area contributed by atoms with E-state index in [0.717, 1.165) is 5.56 Å². The molecule has 1 heterocycles. The third-order valence-electron chi connectivity index (χ3n) is 2.01. The highest BCUT2D eigenvalue weighted by Gasteiger charge is 2.12. The molecule has 0 aromatic carbocycles. The maximum Gasteiger partial charge on any atom is 0.251 e. The highest BCUT2D eigenvalue weighted by molar-refractivity contribution is 5.03. The molecule has 0 amide bonds. The van der Waals surface area contributed by atoms with Crippen molar-refractivity contribution in [2.24, 2.45) is 12.8 Å². The predicted molar refractivity (Wildman–Crippen MR) is 53.5 cm³/mol. The van der Waals surface area contributed by atoms with Crippen LogP contribution in [0.15, 0.2) is 12.4 Å². The Morgan fingerprint density at radius 1 is 1.60 bits per heavy atom. The second-order valence-corrected chi connectivity index (χ2v) is 3.44. The van der Waals surface area contributed by atoms with Crippen LogP contribution in [0.5, 0.6) is 0 Å². The van der Waals surface area contributed by atoms with Crippen molar-refractivity contribution in [2.75, 3.05) is 19.6 Å². The summed E-state index contributed by atoms with van der Waals surface area (Å²) in [6, 6.07) is 0. The summed E-state index contributed by atoms with van der Waals surface area (Å²) in [6.45, 7) is 1.08. The number of halogens is 2. The maximum atomic E-state index is 12.2. The van der Waals surface area contributed by atoms with Gasteiger partial charge in [0.15, 0.2) is 0 Å². The molecule has 0 saturated heterocycles. The Morgan fingerprint density at radius 3 is 2.80 bits per heavy atom. The molecule has 1 aromatic rings. The van der Waals surface area contributed by atoms with E-state index in [9.17, 15) is 8.78 Å². The minimum absolute atomic E-state index is 0.244. The Kier molecular flexibility index (Phi) is 4.64. The van der Waals surface area contributed by atoms with Gasteiger partial charge in [0.05, 0.1) is 12.7 Å². The van der Waals surface area contributed by atoms with E-state index in [2.05, 4.69) is 5.10 Å². The van der Waals surface area contributed by atoms with Crippen molar-refractivity contribution < 1.29 is 8.78 Å². The normalized spacial score (nSPS) is 11.6. The van der Waals surface area contributed by atoms with Crippen LogP contribution >= 0.6 is 0 Å². The summed E-state index contributed by atoms with van der Waals surface area (Å²) in [4.78, 5) is 1.63.